The van der Waals surface area contributed by atoms with E-state index < -0.39 is 0 Å². The number of rotatable bonds is 2. The van der Waals surface area contributed by atoms with Crippen molar-refractivity contribution in [1.29, 1.82) is 0 Å². The van der Waals surface area contributed by atoms with Crippen LogP contribution in [-0.4, -0.2) is 17.8 Å². The fraction of sp³-hybridized carbons (Fsp3) is 0.889. The molecule has 0 aromatic heterocycles. The van der Waals surface area contributed by atoms with Gasteiger partial charge >= 0.3 is 5.97 Å². The second kappa shape index (κ2) is 4.75. The lowest BCUT2D eigenvalue weighted by atomic mass is 9.89. The highest BCUT2D eigenvalue weighted by Gasteiger charge is 2.21. The van der Waals surface area contributed by atoms with Gasteiger partial charge in [0, 0.05) is 6.92 Å². The van der Waals surface area contributed by atoms with E-state index in [1.807, 2.05) is 0 Å². The Hall–Kier alpha value is -0.180. The number of ether oxygens (including phenoxy) is 1. The molecule has 1 saturated carbocycles. The summed E-state index contributed by atoms with van der Waals surface area (Å²) in [5.41, 5.74) is 0. The molecule has 3 heteroatoms. The summed E-state index contributed by atoms with van der Waals surface area (Å²) < 4.78 is 5.12. The number of carbonyl (C=O) groups is 1. The fourth-order valence-electron chi connectivity index (χ4n) is 1.67. The molecule has 0 heterocycles. The Morgan fingerprint density at radius 3 is 2.42 bits per heavy atom. The van der Waals surface area contributed by atoms with Crippen LogP contribution >= 0.6 is 12.6 Å². The van der Waals surface area contributed by atoms with Crippen molar-refractivity contribution in [3.8, 4) is 0 Å². The van der Waals surface area contributed by atoms with Crippen LogP contribution in [0.5, 0.6) is 0 Å². The quantitative estimate of drug-likeness (QED) is 0.530. The minimum atomic E-state index is -0.149. The Morgan fingerprint density at radius 1 is 1.42 bits per heavy atom. The van der Waals surface area contributed by atoms with Crippen LogP contribution in [-0.2, 0) is 9.53 Å². The fourth-order valence-corrected chi connectivity index (χ4v) is 2.03. The second-order valence-electron chi connectivity index (χ2n) is 3.43. The van der Waals surface area contributed by atoms with Crippen LogP contribution in [0.3, 0.4) is 0 Å². The number of esters is 1. The lowest BCUT2D eigenvalue weighted by Gasteiger charge is -2.26. The van der Waals surface area contributed by atoms with Crippen molar-refractivity contribution in [2.75, 3.05) is 5.75 Å². The van der Waals surface area contributed by atoms with Crippen molar-refractivity contribution < 1.29 is 9.53 Å². The van der Waals surface area contributed by atoms with Gasteiger partial charge in [-0.2, -0.15) is 12.6 Å². The van der Waals surface area contributed by atoms with Crippen LogP contribution in [0, 0.1) is 5.92 Å². The van der Waals surface area contributed by atoms with Crippen molar-refractivity contribution in [3.63, 3.8) is 0 Å². The Kier molecular flexibility index (Phi) is 3.92. The smallest absolute Gasteiger partial charge is 0.302 e. The molecule has 0 N–H and O–H groups in total. The van der Waals surface area contributed by atoms with Gasteiger partial charge in [-0.05, 0) is 37.4 Å². The molecule has 0 spiro atoms. The average Bonchev–Trinajstić information content (AvgIpc) is 2.05. The lowest BCUT2D eigenvalue weighted by Crippen LogP contribution is -2.23. The molecular weight excluding hydrogens is 172 g/mol. The minimum absolute atomic E-state index is 0.149. The summed E-state index contributed by atoms with van der Waals surface area (Å²) in [6.45, 7) is 1.48. The van der Waals surface area contributed by atoms with E-state index >= 15 is 0 Å². The van der Waals surface area contributed by atoms with E-state index in [2.05, 4.69) is 12.6 Å². The Balaban J connectivity index is 2.21. The molecule has 1 aliphatic rings. The molecule has 12 heavy (non-hydrogen) atoms. The van der Waals surface area contributed by atoms with E-state index in [9.17, 15) is 4.79 Å². The molecule has 0 atom stereocenters. The summed E-state index contributed by atoms with van der Waals surface area (Å²) in [4.78, 5) is 10.6. The number of carbonyl (C=O) groups excluding carboxylic acids is 1. The topological polar surface area (TPSA) is 26.3 Å². The van der Waals surface area contributed by atoms with Crippen molar-refractivity contribution in [2.45, 2.75) is 38.7 Å². The number of hydrogen-bond donors (Lipinski definition) is 1. The lowest BCUT2D eigenvalue weighted by molar-refractivity contribution is -0.148. The van der Waals surface area contributed by atoms with E-state index in [0.717, 1.165) is 37.4 Å². The van der Waals surface area contributed by atoms with Crippen LogP contribution in [0.1, 0.15) is 32.6 Å². The summed E-state index contributed by atoms with van der Waals surface area (Å²) in [7, 11) is 0. The molecule has 0 saturated heterocycles. The molecule has 0 amide bonds. The van der Waals surface area contributed by atoms with Crippen molar-refractivity contribution >= 4 is 18.6 Å². The summed E-state index contributed by atoms with van der Waals surface area (Å²) in [6.07, 6.45) is 4.53. The molecule has 70 valence electrons. The largest absolute Gasteiger partial charge is 0.463 e. The molecule has 0 unspecified atom stereocenters. The third-order valence-electron chi connectivity index (χ3n) is 2.38. The van der Waals surface area contributed by atoms with Gasteiger partial charge in [0.25, 0.3) is 0 Å². The zero-order valence-corrected chi connectivity index (χ0v) is 8.35. The van der Waals surface area contributed by atoms with Crippen LogP contribution in [0.2, 0.25) is 0 Å². The summed E-state index contributed by atoms with van der Waals surface area (Å²) in [5.74, 6) is 1.55. The molecule has 0 aromatic carbocycles. The number of thiol groups is 1. The summed E-state index contributed by atoms with van der Waals surface area (Å²) in [5, 5.41) is 0. The molecule has 1 rings (SSSR count). The first-order valence-electron chi connectivity index (χ1n) is 4.50. The van der Waals surface area contributed by atoms with Gasteiger partial charge in [0.05, 0.1) is 0 Å². The Morgan fingerprint density at radius 2 is 2.00 bits per heavy atom. The van der Waals surface area contributed by atoms with Gasteiger partial charge in [0.2, 0.25) is 0 Å². The van der Waals surface area contributed by atoms with E-state index in [1.165, 1.54) is 6.92 Å². The molecule has 0 radical (unpaired) electrons. The van der Waals surface area contributed by atoms with Gasteiger partial charge in [-0.25, -0.2) is 0 Å². The molecule has 1 aliphatic carbocycles. The summed E-state index contributed by atoms with van der Waals surface area (Å²) in [6, 6.07) is 0. The predicted octanol–water partition coefficient (Wildman–Crippen LogP) is 2.04. The number of hydrogen-bond acceptors (Lipinski definition) is 3. The van der Waals surface area contributed by atoms with Crippen LogP contribution in [0.15, 0.2) is 0 Å². The van der Waals surface area contributed by atoms with Crippen molar-refractivity contribution in [2.24, 2.45) is 5.92 Å². The van der Waals surface area contributed by atoms with Gasteiger partial charge in [-0.15, -0.1) is 0 Å². The molecular formula is C9H16O2S. The standard InChI is InChI=1S/C9H16O2S/c1-7(10)11-9-4-2-8(6-12)3-5-9/h8-9,12H,2-6H2,1H3. The third-order valence-corrected chi connectivity index (χ3v) is 2.90. The minimum Gasteiger partial charge on any atom is -0.463 e. The van der Waals surface area contributed by atoms with E-state index in [0.29, 0.717) is 0 Å². The SMILES string of the molecule is CC(=O)OC1CCC(CS)CC1. The highest BCUT2D eigenvalue weighted by atomic mass is 32.1. The molecule has 0 aromatic rings. The Labute approximate surface area is 79.1 Å². The first-order valence-corrected chi connectivity index (χ1v) is 5.13. The second-order valence-corrected chi connectivity index (χ2v) is 3.80. The van der Waals surface area contributed by atoms with Gasteiger partial charge in [0.15, 0.2) is 0 Å². The first-order chi connectivity index (χ1) is 5.72. The zero-order valence-electron chi connectivity index (χ0n) is 7.45. The Bertz CT molecular complexity index is 151. The van der Waals surface area contributed by atoms with E-state index in [-0.39, 0.29) is 12.1 Å². The normalized spacial score (nSPS) is 29.8. The van der Waals surface area contributed by atoms with Gasteiger partial charge in [-0.3, -0.25) is 4.79 Å². The van der Waals surface area contributed by atoms with Crippen molar-refractivity contribution in [1.82, 2.24) is 0 Å². The maximum atomic E-state index is 10.6. The highest BCUT2D eigenvalue weighted by Crippen LogP contribution is 2.26. The molecule has 1 fully saturated rings. The third kappa shape index (κ3) is 3.05. The van der Waals surface area contributed by atoms with Gasteiger partial charge < -0.3 is 4.74 Å². The molecule has 2 nitrogen and oxygen atoms in total. The molecule has 0 bridgehead atoms. The monoisotopic (exact) mass is 188 g/mol. The first kappa shape index (κ1) is 9.90. The maximum absolute atomic E-state index is 10.6. The van der Waals surface area contributed by atoms with E-state index in [4.69, 9.17) is 4.74 Å². The molecule has 0 aliphatic heterocycles. The van der Waals surface area contributed by atoms with Crippen LogP contribution in [0.25, 0.3) is 0 Å². The van der Waals surface area contributed by atoms with Crippen LogP contribution < -0.4 is 0 Å². The predicted molar refractivity (Wildman–Crippen MR) is 51.4 cm³/mol. The van der Waals surface area contributed by atoms with Gasteiger partial charge in [0.1, 0.15) is 6.10 Å². The summed E-state index contributed by atoms with van der Waals surface area (Å²) >= 11 is 4.26. The average molecular weight is 188 g/mol. The van der Waals surface area contributed by atoms with E-state index in [1.54, 1.807) is 0 Å². The zero-order chi connectivity index (χ0) is 8.97. The van der Waals surface area contributed by atoms with Crippen molar-refractivity contribution in [3.05, 3.63) is 0 Å². The maximum Gasteiger partial charge on any atom is 0.302 e. The highest BCUT2D eigenvalue weighted by molar-refractivity contribution is 7.80. The van der Waals surface area contributed by atoms with Crippen LogP contribution in [0.4, 0.5) is 0 Å². The van der Waals surface area contributed by atoms with Gasteiger partial charge in [-0.1, -0.05) is 0 Å².